The Morgan fingerprint density at radius 3 is 3.11 bits per heavy atom. The van der Waals surface area contributed by atoms with Crippen LogP contribution in [0.15, 0.2) is 29.1 Å². The Morgan fingerprint density at radius 2 is 2.32 bits per heavy atom. The number of hydrogen-bond donors (Lipinski definition) is 2. The summed E-state index contributed by atoms with van der Waals surface area (Å²) in [6, 6.07) is 3.78. The molecular weight excluding hydrogens is 242 g/mol. The average molecular weight is 257 g/mol. The second-order valence-corrected chi connectivity index (χ2v) is 4.29. The van der Waals surface area contributed by atoms with Crippen molar-refractivity contribution in [3.05, 3.63) is 36.3 Å². The third kappa shape index (κ3) is 2.42. The molecule has 3 aromatic heterocycles. The Labute approximate surface area is 110 Å². The van der Waals surface area contributed by atoms with E-state index in [1.807, 2.05) is 12.1 Å². The molecule has 0 fully saturated rings. The van der Waals surface area contributed by atoms with E-state index < -0.39 is 0 Å². The number of anilines is 1. The van der Waals surface area contributed by atoms with Crippen molar-refractivity contribution in [3.8, 4) is 0 Å². The Balaban J connectivity index is 1.85. The van der Waals surface area contributed by atoms with Crippen LogP contribution < -0.4 is 5.32 Å². The minimum absolute atomic E-state index is 0.585. The molecule has 19 heavy (non-hydrogen) atoms. The van der Waals surface area contributed by atoms with Crippen LogP contribution in [0.5, 0.6) is 0 Å². The number of aromatic amines is 1. The molecule has 0 radical (unpaired) electrons. The molecule has 0 saturated carbocycles. The minimum atomic E-state index is 0.585. The number of aryl methyl sites for hydroxylation is 1. The molecule has 0 atom stereocenters. The summed E-state index contributed by atoms with van der Waals surface area (Å²) in [5, 5.41) is 3.23. The topological polar surface area (TPSA) is 79.6 Å². The fourth-order valence-electron chi connectivity index (χ4n) is 1.95. The maximum absolute atomic E-state index is 5.28. The predicted molar refractivity (Wildman–Crippen MR) is 71.7 cm³/mol. The Hall–Kier alpha value is -2.37. The molecule has 3 aromatic rings. The first-order valence-electron chi connectivity index (χ1n) is 6.32. The molecule has 0 aliphatic carbocycles. The van der Waals surface area contributed by atoms with Gasteiger partial charge in [0.05, 0.1) is 12.8 Å². The summed E-state index contributed by atoms with van der Waals surface area (Å²) in [5.41, 5.74) is 1.54. The third-order valence-electron chi connectivity index (χ3n) is 2.83. The van der Waals surface area contributed by atoms with E-state index in [0.29, 0.717) is 12.2 Å². The molecule has 0 aliphatic heterocycles. The molecule has 3 heterocycles. The van der Waals surface area contributed by atoms with Crippen LogP contribution in [0, 0.1) is 0 Å². The van der Waals surface area contributed by atoms with Gasteiger partial charge in [0, 0.05) is 6.42 Å². The highest BCUT2D eigenvalue weighted by atomic mass is 16.3. The van der Waals surface area contributed by atoms with Crippen LogP contribution in [0.1, 0.15) is 24.9 Å². The van der Waals surface area contributed by atoms with E-state index in [-0.39, 0.29) is 0 Å². The monoisotopic (exact) mass is 257 g/mol. The van der Waals surface area contributed by atoms with Crippen LogP contribution in [-0.4, -0.2) is 19.9 Å². The summed E-state index contributed by atoms with van der Waals surface area (Å²) < 4.78 is 5.28. The van der Waals surface area contributed by atoms with Crippen molar-refractivity contribution in [2.45, 2.75) is 26.3 Å². The van der Waals surface area contributed by atoms with Gasteiger partial charge in [0.25, 0.3) is 0 Å². The lowest BCUT2D eigenvalue weighted by Crippen LogP contribution is -2.01. The number of hydrogen-bond acceptors (Lipinski definition) is 5. The maximum atomic E-state index is 5.28. The largest absolute Gasteiger partial charge is 0.467 e. The molecule has 0 bridgehead atoms. The van der Waals surface area contributed by atoms with Crippen LogP contribution >= 0.6 is 0 Å². The minimum Gasteiger partial charge on any atom is -0.467 e. The molecule has 6 nitrogen and oxygen atoms in total. The zero-order chi connectivity index (χ0) is 13.1. The van der Waals surface area contributed by atoms with Crippen molar-refractivity contribution in [1.82, 2.24) is 19.9 Å². The molecule has 2 N–H and O–H groups in total. The van der Waals surface area contributed by atoms with Crippen molar-refractivity contribution in [1.29, 1.82) is 0 Å². The fraction of sp³-hybridized carbons (Fsp3) is 0.308. The summed E-state index contributed by atoms with van der Waals surface area (Å²) in [7, 11) is 0. The van der Waals surface area contributed by atoms with E-state index in [4.69, 9.17) is 4.42 Å². The van der Waals surface area contributed by atoms with Gasteiger partial charge in [0.2, 0.25) is 0 Å². The average Bonchev–Trinajstić information content (AvgIpc) is 3.05. The van der Waals surface area contributed by atoms with Gasteiger partial charge in [-0.05, 0) is 18.6 Å². The van der Waals surface area contributed by atoms with Gasteiger partial charge >= 0.3 is 0 Å². The van der Waals surface area contributed by atoms with Gasteiger partial charge in [-0.25, -0.2) is 15.0 Å². The predicted octanol–water partition coefficient (Wildman–Crippen LogP) is 2.51. The molecule has 0 aliphatic rings. The molecular formula is C13H15N5O. The van der Waals surface area contributed by atoms with Crippen molar-refractivity contribution in [2.75, 3.05) is 5.32 Å². The van der Waals surface area contributed by atoms with E-state index in [9.17, 15) is 0 Å². The zero-order valence-electron chi connectivity index (χ0n) is 10.7. The number of aromatic nitrogens is 4. The molecule has 0 aromatic carbocycles. The lowest BCUT2D eigenvalue weighted by molar-refractivity contribution is 0.518. The summed E-state index contributed by atoms with van der Waals surface area (Å²) in [4.78, 5) is 16.1. The highest BCUT2D eigenvalue weighted by Crippen LogP contribution is 2.18. The number of imidazole rings is 1. The second kappa shape index (κ2) is 5.09. The van der Waals surface area contributed by atoms with E-state index in [1.54, 1.807) is 6.26 Å². The summed E-state index contributed by atoms with van der Waals surface area (Å²) >= 11 is 0. The van der Waals surface area contributed by atoms with Gasteiger partial charge in [-0.1, -0.05) is 6.92 Å². The number of nitrogens with one attached hydrogen (secondary N) is 2. The van der Waals surface area contributed by atoms with E-state index >= 15 is 0 Å². The van der Waals surface area contributed by atoms with Crippen LogP contribution in [0.3, 0.4) is 0 Å². The lowest BCUT2D eigenvalue weighted by Gasteiger charge is -2.03. The molecule has 0 amide bonds. The molecule has 0 saturated heterocycles. The number of H-pyrrole nitrogens is 1. The highest BCUT2D eigenvalue weighted by molar-refractivity contribution is 5.82. The van der Waals surface area contributed by atoms with E-state index in [0.717, 1.165) is 35.8 Å². The highest BCUT2D eigenvalue weighted by Gasteiger charge is 2.09. The summed E-state index contributed by atoms with van der Waals surface area (Å²) in [6.45, 7) is 2.70. The quantitative estimate of drug-likeness (QED) is 0.734. The Bertz CT molecular complexity index is 659. The number of nitrogens with zero attached hydrogens (tertiary/aromatic N) is 3. The van der Waals surface area contributed by atoms with E-state index in [2.05, 4.69) is 32.2 Å². The molecule has 0 unspecified atom stereocenters. The van der Waals surface area contributed by atoms with Crippen LogP contribution in [0.2, 0.25) is 0 Å². The third-order valence-corrected chi connectivity index (χ3v) is 2.83. The van der Waals surface area contributed by atoms with Crippen LogP contribution in [0.25, 0.3) is 11.2 Å². The number of fused-ring (bicyclic) bond motifs is 1. The van der Waals surface area contributed by atoms with Crippen LogP contribution in [0.4, 0.5) is 5.82 Å². The smallest absolute Gasteiger partial charge is 0.183 e. The Morgan fingerprint density at radius 1 is 1.37 bits per heavy atom. The first-order valence-corrected chi connectivity index (χ1v) is 6.32. The first-order chi connectivity index (χ1) is 9.36. The van der Waals surface area contributed by atoms with Crippen molar-refractivity contribution >= 4 is 17.0 Å². The zero-order valence-corrected chi connectivity index (χ0v) is 10.7. The second-order valence-electron chi connectivity index (χ2n) is 4.29. The molecule has 6 heteroatoms. The van der Waals surface area contributed by atoms with Crippen molar-refractivity contribution in [2.24, 2.45) is 0 Å². The van der Waals surface area contributed by atoms with Gasteiger partial charge in [-0.15, -0.1) is 0 Å². The summed E-state index contributed by atoms with van der Waals surface area (Å²) in [6.07, 6.45) is 5.13. The Kier molecular flexibility index (Phi) is 3.14. The number of rotatable bonds is 5. The van der Waals surface area contributed by atoms with Gasteiger partial charge in [-0.3, -0.25) is 0 Å². The fourth-order valence-corrected chi connectivity index (χ4v) is 1.95. The summed E-state index contributed by atoms with van der Waals surface area (Å²) in [5.74, 6) is 2.55. The van der Waals surface area contributed by atoms with Crippen molar-refractivity contribution in [3.63, 3.8) is 0 Å². The maximum Gasteiger partial charge on any atom is 0.183 e. The standard InChI is InChI=1S/C13H15N5O/c1-2-4-10-17-11-12(15-8-16-13(11)18-10)14-7-9-5-3-6-19-9/h3,5-6,8H,2,4,7H2,1H3,(H2,14,15,16,17,18). The normalized spacial score (nSPS) is 11.0. The molecule has 98 valence electrons. The molecule has 0 spiro atoms. The van der Waals surface area contributed by atoms with Gasteiger partial charge in [-0.2, -0.15) is 0 Å². The number of furan rings is 1. The van der Waals surface area contributed by atoms with Gasteiger partial charge < -0.3 is 14.7 Å². The first kappa shape index (κ1) is 11.7. The SMILES string of the molecule is CCCc1nc2ncnc(NCc3ccco3)c2[nH]1. The van der Waals surface area contributed by atoms with Crippen molar-refractivity contribution < 1.29 is 4.42 Å². The van der Waals surface area contributed by atoms with Gasteiger partial charge in [0.15, 0.2) is 11.5 Å². The van der Waals surface area contributed by atoms with Crippen LogP contribution in [-0.2, 0) is 13.0 Å². The lowest BCUT2D eigenvalue weighted by atomic mass is 10.3. The molecule has 3 rings (SSSR count). The van der Waals surface area contributed by atoms with Gasteiger partial charge in [0.1, 0.15) is 23.4 Å². The van der Waals surface area contributed by atoms with E-state index in [1.165, 1.54) is 6.33 Å².